The van der Waals surface area contributed by atoms with E-state index < -0.39 is 11.6 Å². The molecule has 0 fully saturated rings. The van der Waals surface area contributed by atoms with Gasteiger partial charge in [-0.25, -0.2) is 4.98 Å². The number of fused-ring (bicyclic) bond motifs is 3. The number of carbonyl (C=O) groups excluding carboxylic acids is 2. The second kappa shape index (κ2) is 4.13. The van der Waals surface area contributed by atoms with Gasteiger partial charge in [0.25, 0.3) is 5.78 Å². The Labute approximate surface area is 109 Å². The van der Waals surface area contributed by atoms with Crippen LogP contribution >= 0.6 is 0 Å². The average Bonchev–Trinajstić information content (AvgIpc) is 2.79. The molecule has 0 spiro atoms. The molecule has 0 bridgehead atoms. The molecule has 19 heavy (non-hydrogen) atoms. The Hall–Kier alpha value is -2.27. The van der Waals surface area contributed by atoms with E-state index in [1.54, 1.807) is 24.3 Å². The van der Waals surface area contributed by atoms with E-state index in [4.69, 9.17) is 4.42 Å². The predicted molar refractivity (Wildman–Crippen MR) is 68.0 cm³/mol. The predicted octanol–water partition coefficient (Wildman–Crippen LogP) is 1.78. The number of nitrogens with zero attached hydrogens (tertiary/aromatic N) is 2. The highest BCUT2D eigenvalue weighted by molar-refractivity contribution is 6.52. The van der Waals surface area contributed by atoms with Crippen molar-refractivity contribution in [2.75, 3.05) is 14.1 Å². The van der Waals surface area contributed by atoms with Gasteiger partial charge in [0, 0.05) is 11.1 Å². The lowest BCUT2D eigenvalue weighted by Gasteiger charge is -2.10. The lowest BCUT2D eigenvalue weighted by molar-refractivity contribution is 0.0812. The van der Waals surface area contributed by atoms with Crippen molar-refractivity contribution in [2.45, 2.75) is 6.54 Å². The highest BCUT2D eigenvalue weighted by Gasteiger charge is 2.35. The molecule has 1 heterocycles. The van der Waals surface area contributed by atoms with Crippen LogP contribution in [0.5, 0.6) is 0 Å². The Morgan fingerprint density at radius 3 is 2.47 bits per heavy atom. The first kappa shape index (κ1) is 11.8. The molecule has 1 aromatic carbocycles. The number of hydrogen-bond acceptors (Lipinski definition) is 5. The van der Waals surface area contributed by atoms with Gasteiger partial charge < -0.3 is 9.32 Å². The number of hydrogen-bond donors (Lipinski definition) is 0. The lowest BCUT2D eigenvalue weighted by Crippen LogP contribution is -2.21. The SMILES string of the molecule is CN(C)Cc1nc2c(o1)-c1ccccc1C(=O)C2=O. The van der Waals surface area contributed by atoms with Gasteiger partial charge in [-0.05, 0) is 14.1 Å². The largest absolute Gasteiger partial charge is 0.438 e. The third-order valence-corrected chi connectivity index (χ3v) is 2.96. The van der Waals surface area contributed by atoms with Crippen LogP contribution in [-0.4, -0.2) is 35.5 Å². The molecule has 5 heteroatoms. The van der Waals surface area contributed by atoms with Crippen molar-refractivity contribution in [1.82, 2.24) is 9.88 Å². The third-order valence-electron chi connectivity index (χ3n) is 2.96. The summed E-state index contributed by atoms with van der Waals surface area (Å²) in [5.74, 6) is -0.278. The number of oxazole rings is 1. The van der Waals surface area contributed by atoms with E-state index in [2.05, 4.69) is 4.98 Å². The van der Waals surface area contributed by atoms with Crippen LogP contribution in [0.1, 0.15) is 26.7 Å². The van der Waals surface area contributed by atoms with Crippen molar-refractivity contribution >= 4 is 11.6 Å². The fraction of sp³-hybridized carbons (Fsp3) is 0.214. The van der Waals surface area contributed by atoms with Crippen LogP contribution in [-0.2, 0) is 6.54 Å². The molecule has 5 nitrogen and oxygen atoms in total. The zero-order chi connectivity index (χ0) is 13.6. The van der Waals surface area contributed by atoms with E-state index in [0.29, 0.717) is 29.3 Å². The van der Waals surface area contributed by atoms with Gasteiger partial charge >= 0.3 is 0 Å². The maximum absolute atomic E-state index is 12.0. The van der Waals surface area contributed by atoms with Gasteiger partial charge in [-0.15, -0.1) is 0 Å². The Morgan fingerprint density at radius 2 is 1.79 bits per heavy atom. The highest BCUT2D eigenvalue weighted by Crippen LogP contribution is 2.33. The summed E-state index contributed by atoms with van der Waals surface area (Å²) in [6.45, 7) is 0.483. The number of ketones is 2. The van der Waals surface area contributed by atoms with E-state index >= 15 is 0 Å². The average molecular weight is 256 g/mol. The van der Waals surface area contributed by atoms with Crippen molar-refractivity contribution in [2.24, 2.45) is 0 Å². The zero-order valence-corrected chi connectivity index (χ0v) is 10.6. The molecule has 0 saturated heterocycles. The Morgan fingerprint density at radius 1 is 1.11 bits per heavy atom. The summed E-state index contributed by atoms with van der Waals surface area (Å²) in [5, 5.41) is 0. The molecule has 0 atom stereocenters. The molecule has 0 unspecified atom stereocenters. The minimum atomic E-state index is -0.595. The summed E-state index contributed by atoms with van der Waals surface area (Å²) in [6.07, 6.45) is 0. The van der Waals surface area contributed by atoms with Gasteiger partial charge in [-0.3, -0.25) is 9.59 Å². The first-order chi connectivity index (χ1) is 9.08. The fourth-order valence-corrected chi connectivity index (χ4v) is 2.15. The molecule has 1 aromatic heterocycles. The van der Waals surface area contributed by atoms with Crippen LogP contribution in [0.3, 0.4) is 0 Å². The molecule has 0 aliphatic heterocycles. The maximum atomic E-state index is 12.0. The summed E-state index contributed by atoms with van der Waals surface area (Å²) in [5.41, 5.74) is 1.15. The molecule has 96 valence electrons. The minimum Gasteiger partial charge on any atom is -0.438 e. The van der Waals surface area contributed by atoms with Crippen LogP contribution in [0.25, 0.3) is 11.3 Å². The van der Waals surface area contributed by atoms with Crippen molar-refractivity contribution in [1.29, 1.82) is 0 Å². The van der Waals surface area contributed by atoms with Gasteiger partial charge in [-0.2, -0.15) is 0 Å². The molecule has 2 aromatic rings. The van der Waals surface area contributed by atoms with E-state index in [1.807, 2.05) is 19.0 Å². The third kappa shape index (κ3) is 1.79. The minimum absolute atomic E-state index is 0.126. The van der Waals surface area contributed by atoms with Gasteiger partial charge in [-0.1, -0.05) is 24.3 Å². The molecule has 0 radical (unpaired) electrons. The van der Waals surface area contributed by atoms with Crippen molar-refractivity contribution < 1.29 is 14.0 Å². The van der Waals surface area contributed by atoms with Gasteiger partial charge in [0.15, 0.2) is 11.5 Å². The fourth-order valence-electron chi connectivity index (χ4n) is 2.15. The van der Waals surface area contributed by atoms with E-state index in [0.717, 1.165) is 0 Å². The normalized spacial score (nSPS) is 13.6. The number of aromatic nitrogens is 1. The second-order valence-corrected chi connectivity index (χ2v) is 4.73. The van der Waals surface area contributed by atoms with Gasteiger partial charge in [0.2, 0.25) is 11.7 Å². The lowest BCUT2D eigenvalue weighted by atomic mass is 9.91. The van der Waals surface area contributed by atoms with Crippen LogP contribution in [0.2, 0.25) is 0 Å². The summed E-state index contributed by atoms with van der Waals surface area (Å²) in [6, 6.07) is 6.93. The van der Waals surface area contributed by atoms with Crippen LogP contribution < -0.4 is 0 Å². The molecule has 1 aliphatic rings. The maximum Gasteiger partial charge on any atom is 0.255 e. The number of carbonyl (C=O) groups is 2. The van der Waals surface area contributed by atoms with Gasteiger partial charge in [0.1, 0.15) is 0 Å². The highest BCUT2D eigenvalue weighted by atomic mass is 16.4. The second-order valence-electron chi connectivity index (χ2n) is 4.73. The molecule has 0 saturated carbocycles. The van der Waals surface area contributed by atoms with Gasteiger partial charge in [0.05, 0.1) is 6.54 Å². The Balaban J connectivity index is 2.18. The standard InChI is InChI=1S/C14H12N2O3/c1-16(2)7-10-15-11-13(18)12(17)8-5-3-4-6-9(8)14(11)19-10/h3-6H,7H2,1-2H3. The van der Waals surface area contributed by atoms with E-state index in [-0.39, 0.29) is 5.69 Å². The quantitative estimate of drug-likeness (QED) is 0.766. The Kier molecular flexibility index (Phi) is 2.57. The summed E-state index contributed by atoms with van der Waals surface area (Å²) in [7, 11) is 3.76. The number of Topliss-reactive ketones (excluding diaryl/α,β-unsaturated/α-hetero) is 2. The van der Waals surface area contributed by atoms with E-state index in [1.165, 1.54) is 0 Å². The zero-order valence-electron chi connectivity index (χ0n) is 10.6. The van der Waals surface area contributed by atoms with Crippen LogP contribution in [0.15, 0.2) is 28.7 Å². The molecular weight excluding hydrogens is 244 g/mol. The van der Waals surface area contributed by atoms with Crippen molar-refractivity contribution in [3.05, 3.63) is 41.4 Å². The molecule has 1 aliphatic carbocycles. The molecule has 3 rings (SSSR count). The summed E-state index contributed by atoms with van der Waals surface area (Å²) < 4.78 is 5.64. The molecule has 0 N–H and O–H groups in total. The first-order valence-corrected chi connectivity index (χ1v) is 5.91. The molecular formula is C14H12N2O3. The molecule has 0 amide bonds. The van der Waals surface area contributed by atoms with Crippen LogP contribution in [0.4, 0.5) is 0 Å². The smallest absolute Gasteiger partial charge is 0.255 e. The van der Waals surface area contributed by atoms with Crippen molar-refractivity contribution in [3.63, 3.8) is 0 Å². The Bertz CT molecular complexity index is 686. The number of rotatable bonds is 2. The summed E-state index contributed by atoms with van der Waals surface area (Å²) in [4.78, 5) is 30.0. The topological polar surface area (TPSA) is 63.4 Å². The summed E-state index contributed by atoms with van der Waals surface area (Å²) >= 11 is 0. The first-order valence-electron chi connectivity index (χ1n) is 5.91. The monoisotopic (exact) mass is 256 g/mol. The van der Waals surface area contributed by atoms with Crippen LogP contribution in [0, 0.1) is 0 Å². The van der Waals surface area contributed by atoms with E-state index in [9.17, 15) is 9.59 Å². The van der Waals surface area contributed by atoms with Crippen molar-refractivity contribution in [3.8, 4) is 11.3 Å². The number of benzene rings is 1.